The zero-order valence-corrected chi connectivity index (χ0v) is 15.9. The van der Waals surface area contributed by atoms with Gasteiger partial charge in [-0.1, -0.05) is 0 Å². The number of ether oxygens (including phenoxy) is 1. The van der Waals surface area contributed by atoms with Crippen LogP contribution in [-0.4, -0.2) is 48.7 Å². The molecule has 0 saturated carbocycles. The van der Waals surface area contributed by atoms with Gasteiger partial charge in [-0.25, -0.2) is 9.78 Å². The van der Waals surface area contributed by atoms with Gasteiger partial charge in [-0.2, -0.15) is 5.10 Å². The molecule has 150 valence electrons. The highest BCUT2D eigenvalue weighted by molar-refractivity contribution is 5.91. The smallest absolute Gasteiger partial charge is 0.412 e. The average molecular weight is 395 g/mol. The van der Waals surface area contributed by atoms with Crippen LogP contribution in [0.1, 0.15) is 18.9 Å². The van der Waals surface area contributed by atoms with Gasteiger partial charge >= 0.3 is 6.09 Å². The number of nitrogens with zero attached hydrogens (tertiary/aromatic N) is 5. The third kappa shape index (κ3) is 3.64. The standard InChI is InChI=1S/C20H21N5O4/c1-13-2-3-16-17(25(13)20(27)28)5-4-15(14-10-23-24(12-14)8-9-26)19(16)29-18-11-21-6-7-22-18/h4-7,10-13,26H,2-3,8-9H2,1H3,(H,27,28)/t13-/m0/s1. The quantitative estimate of drug-likeness (QED) is 0.683. The van der Waals surface area contributed by atoms with E-state index in [1.807, 2.05) is 19.2 Å². The zero-order chi connectivity index (χ0) is 20.4. The molecule has 1 amide bonds. The SMILES string of the molecule is C[C@H]1CCc2c(ccc(-c3cnn(CCO)c3)c2Oc2cnccn2)N1C(=O)O. The number of fused-ring (bicyclic) bond motifs is 1. The van der Waals surface area contributed by atoms with Crippen molar-refractivity contribution in [2.24, 2.45) is 0 Å². The van der Waals surface area contributed by atoms with E-state index in [0.717, 1.165) is 16.7 Å². The predicted octanol–water partition coefficient (Wildman–Crippen LogP) is 2.94. The summed E-state index contributed by atoms with van der Waals surface area (Å²) in [5.41, 5.74) is 3.00. The normalized spacial score (nSPS) is 15.8. The summed E-state index contributed by atoms with van der Waals surface area (Å²) >= 11 is 0. The molecule has 0 radical (unpaired) electrons. The number of carbonyl (C=O) groups is 1. The fraction of sp³-hybridized carbons (Fsp3) is 0.300. The molecule has 9 heteroatoms. The van der Waals surface area contributed by atoms with E-state index in [1.165, 1.54) is 17.3 Å². The van der Waals surface area contributed by atoms with Crippen LogP contribution < -0.4 is 9.64 Å². The topological polar surface area (TPSA) is 114 Å². The van der Waals surface area contributed by atoms with Gasteiger partial charge in [0.15, 0.2) is 0 Å². The number of hydrogen-bond acceptors (Lipinski definition) is 6. The Morgan fingerprint density at radius 2 is 2.17 bits per heavy atom. The average Bonchev–Trinajstić information content (AvgIpc) is 3.17. The van der Waals surface area contributed by atoms with Gasteiger partial charge in [-0.15, -0.1) is 0 Å². The fourth-order valence-corrected chi connectivity index (χ4v) is 3.61. The van der Waals surface area contributed by atoms with E-state index < -0.39 is 6.09 Å². The number of benzene rings is 1. The molecule has 0 unspecified atom stereocenters. The van der Waals surface area contributed by atoms with Crippen LogP contribution >= 0.6 is 0 Å². The first kappa shape index (κ1) is 18.9. The molecule has 0 saturated heterocycles. The summed E-state index contributed by atoms with van der Waals surface area (Å²) in [5, 5.41) is 23.1. The van der Waals surface area contributed by atoms with Gasteiger partial charge < -0.3 is 14.9 Å². The molecule has 2 N–H and O–H groups in total. The highest BCUT2D eigenvalue weighted by Crippen LogP contribution is 2.44. The van der Waals surface area contributed by atoms with E-state index >= 15 is 0 Å². The summed E-state index contributed by atoms with van der Waals surface area (Å²) in [7, 11) is 0. The minimum Gasteiger partial charge on any atom is -0.465 e. The number of aromatic nitrogens is 4. The molecule has 0 fully saturated rings. The van der Waals surface area contributed by atoms with Crippen molar-refractivity contribution < 1.29 is 19.7 Å². The van der Waals surface area contributed by atoms with Crippen LogP contribution in [0.25, 0.3) is 11.1 Å². The van der Waals surface area contributed by atoms with Gasteiger partial charge in [0.25, 0.3) is 0 Å². The van der Waals surface area contributed by atoms with Crippen LogP contribution in [0.2, 0.25) is 0 Å². The van der Waals surface area contributed by atoms with Crippen molar-refractivity contribution in [1.29, 1.82) is 0 Å². The molecule has 1 aliphatic heterocycles. The first-order chi connectivity index (χ1) is 14.1. The fourth-order valence-electron chi connectivity index (χ4n) is 3.61. The minimum absolute atomic E-state index is 0.0142. The van der Waals surface area contributed by atoms with Gasteiger partial charge in [-0.3, -0.25) is 14.6 Å². The van der Waals surface area contributed by atoms with Crippen LogP contribution in [0.4, 0.5) is 10.5 Å². The number of anilines is 1. The lowest BCUT2D eigenvalue weighted by Gasteiger charge is -2.34. The maximum Gasteiger partial charge on any atom is 0.412 e. The second-order valence-electron chi connectivity index (χ2n) is 6.84. The van der Waals surface area contributed by atoms with Gasteiger partial charge in [0.1, 0.15) is 5.75 Å². The molecule has 1 aromatic carbocycles. The molecule has 1 atom stereocenters. The van der Waals surface area contributed by atoms with Crippen LogP contribution in [0.5, 0.6) is 11.6 Å². The minimum atomic E-state index is -0.993. The molecule has 3 heterocycles. The van der Waals surface area contributed by atoms with Crippen molar-refractivity contribution in [3.8, 4) is 22.8 Å². The van der Waals surface area contributed by atoms with Crippen LogP contribution in [0.15, 0.2) is 43.1 Å². The van der Waals surface area contributed by atoms with E-state index in [9.17, 15) is 9.90 Å². The second kappa shape index (κ2) is 7.88. The molecular weight excluding hydrogens is 374 g/mol. The van der Waals surface area contributed by atoms with E-state index in [4.69, 9.17) is 9.84 Å². The van der Waals surface area contributed by atoms with Crippen LogP contribution in [-0.2, 0) is 13.0 Å². The highest BCUT2D eigenvalue weighted by atomic mass is 16.5. The first-order valence-corrected chi connectivity index (χ1v) is 9.34. The maximum atomic E-state index is 11.9. The maximum absolute atomic E-state index is 11.9. The largest absolute Gasteiger partial charge is 0.465 e. The van der Waals surface area contributed by atoms with Gasteiger partial charge in [-0.05, 0) is 31.9 Å². The molecule has 3 aromatic rings. The molecular formula is C20H21N5O4. The Balaban J connectivity index is 1.85. The lowest BCUT2D eigenvalue weighted by Crippen LogP contribution is -2.41. The number of aliphatic hydroxyl groups is 1. The molecule has 0 bridgehead atoms. The van der Waals surface area contributed by atoms with Crippen molar-refractivity contribution in [2.75, 3.05) is 11.5 Å². The Morgan fingerprint density at radius 1 is 1.31 bits per heavy atom. The zero-order valence-electron chi connectivity index (χ0n) is 15.9. The van der Waals surface area contributed by atoms with E-state index in [-0.39, 0.29) is 12.6 Å². The predicted molar refractivity (Wildman–Crippen MR) is 105 cm³/mol. The molecule has 2 aromatic heterocycles. The molecule has 0 aliphatic carbocycles. The summed E-state index contributed by atoms with van der Waals surface area (Å²) < 4.78 is 7.76. The van der Waals surface area contributed by atoms with Crippen molar-refractivity contribution in [3.63, 3.8) is 0 Å². The molecule has 9 nitrogen and oxygen atoms in total. The third-order valence-corrected chi connectivity index (χ3v) is 4.97. The van der Waals surface area contributed by atoms with Crippen molar-refractivity contribution in [2.45, 2.75) is 32.4 Å². The number of amides is 1. The van der Waals surface area contributed by atoms with E-state index in [0.29, 0.717) is 36.7 Å². The Morgan fingerprint density at radius 3 is 2.90 bits per heavy atom. The second-order valence-corrected chi connectivity index (χ2v) is 6.84. The lowest BCUT2D eigenvalue weighted by atomic mass is 9.92. The lowest BCUT2D eigenvalue weighted by molar-refractivity contribution is 0.198. The number of rotatable bonds is 5. The number of hydrogen-bond donors (Lipinski definition) is 2. The van der Waals surface area contributed by atoms with Crippen molar-refractivity contribution >= 4 is 11.8 Å². The summed E-state index contributed by atoms with van der Waals surface area (Å²) in [4.78, 5) is 21.5. The summed E-state index contributed by atoms with van der Waals surface area (Å²) in [6.45, 7) is 2.27. The van der Waals surface area contributed by atoms with Gasteiger partial charge in [0, 0.05) is 41.3 Å². The van der Waals surface area contributed by atoms with E-state index in [2.05, 4.69) is 15.1 Å². The Kier molecular flexibility index (Phi) is 5.13. The Labute approximate surface area is 167 Å². The van der Waals surface area contributed by atoms with Crippen molar-refractivity contribution in [3.05, 3.63) is 48.7 Å². The monoisotopic (exact) mass is 395 g/mol. The molecule has 4 rings (SSSR count). The number of aliphatic hydroxyl groups excluding tert-OH is 1. The molecule has 29 heavy (non-hydrogen) atoms. The van der Waals surface area contributed by atoms with Gasteiger partial charge in [0.05, 0.1) is 31.2 Å². The first-order valence-electron chi connectivity index (χ1n) is 9.34. The third-order valence-electron chi connectivity index (χ3n) is 4.97. The van der Waals surface area contributed by atoms with E-state index in [1.54, 1.807) is 23.1 Å². The van der Waals surface area contributed by atoms with Crippen LogP contribution in [0, 0.1) is 0 Å². The number of carboxylic acid groups (broad SMARTS) is 1. The van der Waals surface area contributed by atoms with Crippen molar-refractivity contribution in [1.82, 2.24) is 19.7 Å². The summed E-state index contributed by atoms with van der Waals surface area (Å²) in [6, 6.07) is 3.52. The Hall–Kier alpha value is -3.46. The highest BCUT2D eigenvalue weighted by Gasteiger charge is 2.31. The Bertz CT molecular complexity index is 1020. The summed E-state index contributed by atoms with van der Waals surface area (Å²) in [6.07, 6.45) is 8.49. The molecule has 1 aliphatic rings. The summed E-state index contributed by atoms with van der Waals surface area (Å²) in [5.74, 6) is 0.870. The molecule has 0 spiro atoms. The van der Waals surface area contributed by atoms with Gasteiger partial charge in [0.2, 0.25) is 5.88 Å². The van der Waals surface area contributed by atoms with Crippen LogP contribution in [0.3, 0.4) is 0 Å².